The fourth-order valence-corrected chi connectivity index (χ4v) is 2.44. The molecule has 2 aromatic rings. The lowest BCUT2D eigenvalue weighted by Crippen LogP contribution is -2.27. The van der Waals surface area contributed by atoms with Gasteiger partial charge in [-0.1, -0.05) is 18.2 Å². The van der Waals surface area contributed by atoms with Crippen molar-refractivity contribution in [3.63, 3.8) is 0 Å². The number of hydrogen-bond donors (Lipinski definition) is 2. The molecule has 0 spiro atoms. The number of aromatic amines is 1. The maximum Gasteiger partial charge on any atom is 0.272 e. The number of amides is 1. The Morgan fingerprint density at radius 2 is 2.05 bits per heavy atom. The van der Waals surface area contributed by atoms with Crippen molar-refractivity contribution in [1.29, 1.82) is 0 Å². The Labute approximate surface area is 121 Å². The summed E-state index contributed by atoms with van der Waals surface area (Å²) in [5, 5.41) is 10.1. The van der Waals surface area contributed by atoms with Crippen LogP contribution in [0.2, 0.25) is 0 Å². The zero-order valence-corrected chi connectivity index (χ0v) is 12.1. The average molecular weight is 291 g/mol. The summed E-state index contributed by atoms with van der Waals surface area (Å²) in [7, 11) is 0. The van der Waals surface area contributed by atoms with Gasteiger partial charge in [0.2, 0.25) is 0 Å². The third-order valence-electron chi connectivity index (χ3n) is 2.97. The maximum absolute atomic E-state index is 12.1. The summed E-state index contributed by atoms with van der Waals surface area (Å²) < 4.78 is 0. The minimum atomic E-state index is -0.280. The van der Waals surface area contributed by atoms with Gasteiger partial charge in [0.1, 0.15) is 0 Å². The van der Waals surface area contributed by atoms with E-state index in [0.29, 0.717) is 17.3 Å². The van der Waals surface area contributed by atoms with Crippen LogP contribution in [0, 0.1) is 0 Å². The molecule has 0 saturated carbocycles. The van der Waals surface area contributed by atoms with E-state index in [9.17, 15) is 9.59 Å². The first-order valence-electron chi connectivity index (χ1n) is 6.48. The fourth-order valence-electron chi connectivity index (χ4n) is 1.94. The van der Waals surface area contributed by atoms with E-state index in [0.717, 1.165) is 18.6 Å². The Bertz CT molecular complexity index is 654. The van der Waals surface area contributed by atoms with E-state index in [-0.39, 0.29) is 17.2 Å². The van der Waals surface area contributed by atoms with Crippen molar-refractivity contribution in [3.05, 3.63) is 40.3 Å². The van der Waals surface area contributed by atoms with Crippen LogP contribution >= 0.6 is 11.8 Å². The number of H-pyrrole nitrogens is 1. The van der Waals surface area contributed by atoms with Crippen LogP contribution in [0.3, 0.4) is 0 Å². The molecule has 0 unspecified atom stereocenters. The number of fused-ring (bicyclic) bond motifs is 1. The number of rotatable bonds is 6. The highest BCUT2D eigenvalue weighted by Gasteiger charge is 2.12. The van der Waals surface area contributed by atoms with Crippen molar-refractivity contribution in [2.75, 3.05) is 18.6 Å². The van der Waals surface area contributed by atoms with E-state index < -0.39 is 0 Å². The molecular weight excluding hydrogens is 274 g/mol. The van der Waals surface area contributed by atoms with Crippen LogP contribution in [-0.2, 0) is 0 Å². The van der Waals surface area contributed by atoms with Crippen LogP contribution in [0.5, 0.6) is 0 Å². The standard InChI is InChI=1S/C14H17N3O2S/c1-20-9-5-4-8-15-14(19)12-10-6-2-3-7-11(10)13(18)17-16-12/h2-3,6-7H,4-5,8-9H2,1H3,(H,15,19)(H,17,18). The molecule has 2 N–H and O–H groups in total. The zero-order chi connectivity index (χ0) is 14.4. The molecule has 6 heteroatoms. The van der Waals surface area contributed by atoms with E-state index in [1.807, 2.05) is 0 Å². The Morgan fingerprint density at radius 1 is 1.30 bits per heavy atom. The first kappa shape index (κ1) is 14.6. The highest BCUT2D eigenvalue weighted by atomic mass is 32.2. The minimum Gasteiger partial charge on any atom is -0.351 e. The van der Waals surface area contributed by atoms with Crippen molar-refractivity contribution in [2.24, 2.45) is 0 Å². The quantitative estimate of drug-likeness (QED) is 0.796. The normalized spacial score (nSPS) is 10.7. The first-order chi connectivity index (χ1) is 9.74. The Kier molecular flexibility index (Phi) is 5.17. The van der Waals surface area contributed by atoms with E-state index in [1.54, 1.807) is 36.0 Å². The molecule has 2 rings (SSSR count). The zero-order valence-electron chi connectivity index (χ0n) is 11.3. The van der Waals surface area contributed by atoms with Gasteiger partial charge < -0.3 is 5.32 Å². The van der Waals surface area contributed by atoms with Gasteiger partial charge in [0.05, 0.1) is 5.39 Å². The van der Waals surface area contributed by atoms with Crippen molar-refractivity contribution < 1.29 is 4.79 Å². The molecule has 0 saturated heterocycles. The number of thioether (sulfide) groups is 1. The van der Waals surface area contributed by atoms with Gasteiger partial charge in [-0.05, 0) is 30.9 Å². The highest BCUT2D eigenvalue weighted by molar-refractivity contribution is 7.98. The Hall–Kier alpha value is -1.82. The van der Waals surface area contributed by atoms with Crippen molar-refractivity contribution in [3.8, 4) is 0 Å². The molecule has 5 nitrogen and oxygen atoms in total. The first-order valence-corrected chi connectivity index (χ1v) is 7.88. The molecule has 0 aliphatic carbocycles. The number of nitrogens with one attached hydrogen (secondary N) is 2. The van der Waals surface area contributed by atoms with E-state index >= 15 is 0 Å². The molecule has 106 valence electrons. The summed E-state index contributed by atoms with van der Waals surface area (Å²) >= 11 is 1.80. The van der Waals surface area contributed by atoms with Crippen molar-refractivity contribution in [2.45, 2.75) is 12.8 Å². The number of carbonyl (C=O) groups excluding carboxylic acids is 1. The van der Waals surface area contributed by atoms with Crippen molar-refractivity contribution in [1.82, 2.24) is 15.5 Å². The van der Waals surface area contributed by atoms with Crippen LogP contribution in [0.25, 0.3) is 10.8 Å². The SMILES string of the molecule is CSCCCCNC(=O)c1n[nH]c(=O)c2ccccc12. The molecule has 1 heterocycles. The Morgan fingerprint density at radius 3 is 2.80 bits per heavy atom. The highest BCUT2D eigenvalue weighted by Crippen LogP contribution is 2.12. The molecule has 0 aliphatic rings. The van der Waals surface area contributed by atoms with Crippen molar-refractivity contribution >= 4 is 28.4 Å². The summed E-state index contributed by atoms with van der Waals surface area (Å²) in [6.45, 7) is 0.620. The molecule has 0 fully saturated rings. The number of benzene rings is 1. The van der Waals surface area contributed by atoms with Gasteiger partial charge in [0, 0.05) is 11.9 Å². The molecular formula is C14H17N3O2S. The lowest BCUT2D eigenvalue weighted by Gasteiger charge is -2.06. The number of nitrogens with zero attached hydrogens (tertiary/aromatic N) is 1. The van der Waals surface area contributed by atoms with Crippen LogP contribution in [0.4, 0.5) is 0 Å². The molecule has 0 radical (unpaired) electrons. The van der Waals surface area contributed by atoms with Gasteiger partial charge in [-0.25, -0.2) is 5.10 Å². The summed E-state index contributed by atoms with van der Waals surface area (Å²) in [6.07, 6.45) is 4.07. The van der Waals surface area contributed by atoms with Gasteiger partial charge in [-0.3, -0.25) is 9.59 Å². The number of carbonyl (C=O) groups is 1. The van der Waals surface area contributed by atoms with Gasteiger partial charge >= 0.3 is 0 Å². The maximum atomic E-state index is 12.1. The topological polar surface area (TPSA) is 74.8 Å². The van der Waals surface area contributed by atoms with E-state index in [1.165, 1.54) is 0 Å². The molecule has 0 atom stereocenters. The molecule has 20 heavy (non-hydrogen) atoms. The molecule has 1 aromatic heterocycles. The second kappa shape index (κ2) is 7.09. The van der Waals surface area contributed by atoms with Gasteiger partial charge in [0.15, 0.2) is 5.69 Å². The second-order valence-electron chi connectivity index (χ2n) is 4.40. The van der Waals surface area contributed by atoms with Gasteiger partial charge in [0.25, 0.3) is 11.5 Å². The lowest BCUT2D eigenvalue weighted by atomic mass is 10.1. The average Bonchev–Trinajstić information content (AvgIpc) is 2.47. The lowest BCUT2D eigenvalue weighted by molar-refractivity contribution is 0.0949. The summed E-state index contributed by atoms with van der Waals surface area (Å²) in [6, 6.07) is 6.98. The number of hydrogen-bond acceptors (Lipinski definition) is 4. The fraction of sp³-hybridized carbons (Fsp3) is 0.357. The summed E-state index contributed by atoms with van der Waals surface area (Å²) in [5.74, 6) is 0.844. The third-order valence-corrected chi connectivity index (χ3v) is 3.67. The number of unbranched alkanes of at least 4 members (excludes halogenated alkanes) is 1. The smallest absolute Gasteiger partial charge is 0.272 e. The monoisotopic (exact) mass is 291 g/mol. The molecule has 0 aliphatic heterocycles. The summed E-state index contributed by atoms with van der Waals surface area (Å²) in [4.78, 5) is 23.7. The molecule has 1 aromatic carbocycles. The Balaban J connectivity index is 2.11. The number of aromatic nitrogens is 2. The van der Waals surface area contributed by atoms with E-state index in [2.05, 4.69) is 21.8 Å². The molecule has 0 bridgehead atoms. The van der Waals surface area contributed by atoms with Gasteiger partial charge in [-0.15, -0.1) is 0 Å². The predicted molar refractivity (Wildman–Crippen MR) is 82.3 cm³/mol. The summed E-state index contributed by atoms with van der Waals surface area (Å²) in [5.41, 5.74) is -0.0119. The van der Waals surface area contributed by atoms with E-state index in [4.69, 9.17) is 0 Å². The van der Waals surface area contributed by atoms with Crippen LogP contribution < -0.4 is 10.9 Å². The molecule has 1 amide bonds. The van der Waals surface area contributed by atoms with Crippen LogP contribution in [0.1, 0.15) is 23.3 Å². The second-order valence-corrected chi connectivity index (χ2v) is 5.39. The van der Waals surface area contributed by atoms with Crippen LogP contribution in [0.15, 0.2) is 29.1 Å². The largest absolute Gasteiger partial charge is 0.351 e. The predicted octanol–water partition coefficient (Wildman–Crippen LogP) is 1.80. The third kappa shape index (κ3) is 3.39. The minimum absolute atomic E-state index is 0.249. The van der Waals surface area contributed by atoms with Gasteiger partial charge in [-0.2, -0.15) is 16.9 Å². The van der Waals surface area contributed by atoms with Crippen LogP contribution in [-0.4, -0.2) is 34.7 Å².